The molecule has 0 saturated carbocycles. The third kappa shape index (κ3) is 5.90. The second-order valence-electron chi connectivity index (χ2n) is 6.38. The summed E-state index contributed by atoms with van der Waals surface area (Å²) in [6, 6.07) is 9.13. The molecule has 0 atom stereocenters. The summed E-state index contributed by atoms with van der Waals surface area (Å²) in [5.41, 5.74) is 6.99. The summed E-state index contributed by atoms with van der Waals surface area (Å²) >= 11 is 0. The standard InChI is InChI=1S/C19H24N6O2.ClH/c20-7-6-17(26)23-16-4-2-15(3-5-16)14-18(27)24-10-12-25(13-11-24)19-21-8-1-9-22-19;/h1-5,8-9H,6-7,10-14,20H2,(H,23,26);1H. The zero-order valence-corrected chi connectivity index (χ0v) is 16.4. The van der Waals surface area contributed by atoms with Crippen LogP contribution in [0.5, 0.6) is 0 Å². The lowest BCUT2D eigenvalue weighted by Crippen LogP contribution is -2.49. The van der Waals surface area contributed by atoms with E-state index < -0.39 is 0 Å². The first-order valence-electron chi connectivity index (χ1n) is 9.04. The number of carbonyl (C=O) groups excluding carboxylic acids is 2. The molecule has 0 spiro atoms. The van der Waals surface area contributed by atoms with Crippen LogP contribution in [0, 0.1) is 0 Å². The van der Waals surface area contributed by atoms with Crippen molar-refractivity contribution in [1.29, 1.82) is 0 Å². The van der Waals surface area contributed by atoms with Gasteiger partial charge in [0.15, 0.2) is 0 Å². The minimum atomic E-state index is -0.110. The van der Waals surface area contributed by atoms with Crippen molar-refractivity contribution >= 4 is 35.9 Å². The number of aromatic nitrogens is 2. The van der Waals surface area contributed by atoms with Crippen LogP contribution < -0.4 is 16.0 Å². The lowest BCUT2D eigenvalue weighted by atomic mass is 10.1. The average molecular weight is 405 g/mol. The molecule has 2 heterocycles. The number of amides is 2. The van der Waals surface area contributed by atoms with Crippen LogP contribution in [0.2, 0.25) is 0 Å². The molecule has 0 radical (unpaired) electrons. The maximum absolute atomic E-state index is 12.6. The molecule has 1 fully saturated rings. The van der Waals surface area contributed by atoms with Crippen LogP contribution in [-0.4, -0.2) is 59.4 Å². The van der Waals surface area contributed by atoms with Crippen molar-refractivity contribution in [2.24, 2.45) is 5.73 Å². The van der Waals surface area contributed by atoms with Crippen LogP contribution >= 0.6 is 12.4 Å². The van der Waals surface area contributed by atoms with Gasteiger partial charge in [0.25, 0.3) is 0 Å². The fourth-order valence-electron chi connectivity index (χ4n) is 2.96. The minimum absolute atomic E-state index is 0. The van der Waals surface area contributed by atoms with Crippen molar-refractivity contribution in [3.63, 3.8) is 0 Å². The maximum atomic E-state index is 12.6. The van der Waals surface area contributed by atoms with Crippen molar-refractivity contribution in [3.05, 3.63) is 48.3 Å². The Hall–Kier alpha value is -2.71. The SMILES string of the molecule is Cl.NCCC(=O)Nc1ccc(CC(=O)N2CCN(c3ncccn3)CC2)cc1. The summed E-state index contributed by atoms with van der Waals surface area (Å²) in [5.74, 6) is 0.696. The number of piperazine rings is 1. The maximum Gasteiger partial charge on any atom is 0.227 e. The molecule has 0 aliphatic carbocycles. The van der Waals surface area contributed by atoms with Crippen molar-refractivity contribution in [1.82, 2.24) is 14.9 Å². The van der Waals surface area contributed by atoms with Crippen LogP contribution in [0.3, 0.4) is 0 Å². The first-order valence-corrected chi connectivity index (χ1v) is 9.04. The molecule has 3 rings (SSSR count). The molecule has 28 heavy (non-hydrogen) atoms. The molecule has 1 aromatic carbocycles. The topological polar surface area (TPSA) is 104 Å². The first-order chi connectivity index (χ1) is 13.2. The summed E-state index contributed by atoms with van der Waals surface area (Å²) in [6.45, 7) is 3.08. The molecular weight excluding hydrogens is 380 g/mol. The lowest BCUT2D eigenvalue weighted by Gasteiger charge is -2.34. The third-order valence-corrected chi connectivity index (χ3v) is 4.43. The van der Waals surface area contributed by atoms with E-state index in [1.807, 2.05) is 29.2 Å². The average Bonchev–Trinajstić information content (AvgIpc) is 2.70. The van der Waals surface area contributed by atoms with Gasteiger partial charge in [-0.15, -0.1) is 12.4 Å². The molecule has 8 nitrogen and oxygen atoms in total. The zero-order chi connectivity index (χ0) is 19.1. The number of hydrogen-bond acceptors (Lipinski definition) is 6. The van der Waals surface area contributed by atoms with E-state index >= 15 is 0 Å². The van der Waals surface area contributed by atoms with E-state index in [0.29, 0.717) is 44.1 Å². The van der Waals surface area contributed by atoms with E-state index in [0.717, 1.165) is 18.7 Å². The Balaban J connectivity index is 0.00000280. The van der Waals surface area contributed by atoms with Crippen molar-refractivity contribution in [2.75, 3.05) is 42.9 Å². The van der Waals surface area contributed by atoms with E-state index in [1.54, 1.807) is 18.5 Å². The summed E-state index contributed by atoms with van der Waals surface area (Å²) in [4.78, 5) is 36.6. The van der Waals surface area contributed by atoms with Crippen molar-refractivity contribution < 1.29 is 9.59 Å². The summed E-state index contributed by atoms with van der Waals surface area (Å²) in [5, 5.41) is 2.78. The number of hydrogen-bond donors (Lipinski definition) is 2. The number of nitrogens with two attached hydrogens (primary N) is 1. The Morgan fingerprint density at radius 1 is 1.04 bits per heavy atom. The molecule has 0 bridgehead atoms. The Kier molecular flexibility index (Phi) is 8.16. The monoisotopic (exact) mass is 404 g/mol. The highest BCUT2D eigenvalue weighted by Crippen LogP contribution is 2.14. The highest BCUT2D eigenvalue weighted by atomic mass is 35.5. The van der Waals surface area contributed by atoms with E-state index in [-0.39, 0.29) is 24.2 Å². The molecule has 1 aliphatic heterocycles. The van der Waals surface area contributed by atoms with Crippen LogP contribution in [0.4, 0.5) is 11.6 Å². The van der Waals surface area contributed by atoms with Crippen molar-refractivity contribution in [3.8, 4) is 0 Å². The fourth-order valence-corrected chi connectivity index (χ4v) is 2.96. The Morgan fingerprint density at radius 2 is 1.68 bits per heavy atom. The highest BCUT2D eigenvalue weighted by molar-refractivity contribution is 5.90. The summed E-state index contributed by atoms with van der Waals surface area (Å²) < 4.78 is 0. The number of nitrogens with one attached hydrogen (secondary N) is 1. The van der Waals surface area contributed by atoms with E-state index in [9.17, 15) is 9.59 Å². The van der Waals surface area contributed by atoms with Gasteiger partial charge in [-0.25, -0.2) is 9.97 Å². The number of anilines is 2. The van der Waals surface area contributed by atoms with Gasteiger partial charge in [-0.05, 0) is 23.8 Å². The van der Waals surface area contributed by atoms with Gasteiger partial charge in [-0.3, -0.25) is 9.59 Å². The van der Waals surface area contributed by atoms with Crippen molar-refractivity contribution in [2.45, 2.75) is 12.8 Å². The predicted octanol–water partition coefficient (Wildman–Crippen LogP) is 1.08. The zero-order valence-electron chi connectivity index (χ0n) is 15.6. The Bertz CT molecular complexity index is 764. The van der Waals surface area contributed by atoms with Gasteiger partial charge < -0.3 is 20.9 Å². The Morgan fingerprint density at radius 3 is 2.29 bits per heavy atom. The number of carbonyl (C=O) groups is 2. The summed E-state index contributed by atoms with van der Waals surface area (Å²) in [7, 11) is 0. The van der Waals surface area contributed by atoms with Gasteiger partial charge in [-0.1, -0.05) is 12.1 Å². The third-order valence-electron chi connectivity index (χ3n) is 4.43. The van der Waals surface area contributed by atoms with Gasteiger partial charge >= 0.3 is 0 Å². The van der Waals surface area contributed by atoms with Gasteiger partial charge in [0.2, 0.25) is 17.8 Å². The first kappa shape index (κ1) is 21.6. The molecule has 3 N–H and O–H groups in total. The van der Waals surface area contributed by atoms with Gasteiger partial charge in [0.1, 0.15) is 0 Å². The van der Waals surface area contributed by atoms with Crippen LogP contribution in [0.15, 0.2) is 42.7 Å². The molecule has 1 aromatic heterocycles. The quantitative estimate of drug-likeness (QED) is 0.746. The predicted molar refractivity (Wildman–Crippen MR) is 111 cm³/mol. The normalized spacial score (nSPS) is 13.6. The molecule has 150 valence electrons. The highest BCUT2D eigenvalue weighted by Gasteiger charge is 2.22. The van der Waals surface area contributed by atoms with E-state index in [1.165, 1.54) is 0 Å². The number of rotatable bonds is 6. The van der Waals surface area contributed by atoms with Gasteiger partial charge in [-0.2, -0.15) is 0 Å². The molecule has 1 aliphatic rings. The van der Waals surface area contributed by atoms with Crippen LogP contribution in [0.1, 0.15) is 12.0 Å². The number of benzene rings is 1. The minimum Gasteiger partial charge on any atom is -0.339 e. The van der Waals surface area contributed by atoms with Gasteiger partial charge in [0.05, 0.1) is 6.42 Å². The molecule has 2 aromatic rings. The molecule has 9 heteroatoms. The summed E-state index contributed by atoms with van der Waals surface area (Å²) in [6.07, 6.45) is 4.09. The van der Waals surface area contributed by atoms with E-state index in [2.05, 4.69) is 20.2 Å². The van der Waals surface area contributed by atoms with Crippen LogP contribution in [0.25, 0.3) is 0 Å². The molecule has 0 unspecified atom stereocenters. The second-order valence-corrected chi connectivity index (χ2v) is 6.38. The lowest BCUT2D eigenvalue weighted by molar-refractivity contribution is -0.130. The molecular formula is C19H25ClN6O2. The smallest absolute Gasteiger partial charge is 0.227 e. The second kappa shape index (κ2) is 10.6. The molecule has 1 saturated heterocycles. The number of halogens is 1. The van der Waals surface area contributed by atoms with Gasteiger partial charge in [0, 0.05) is 57.2 Å². The van der Waals surface area contributed by atoms with Crippen LogP contribution in [-0.2, 0) is 16.0 Å². The number of nitrogens with zero attached hydrogens (tertiary/aromatic N) is 4. The Labute approximate surface area is 170 Å². The van der Waals surface area contributed by atoms with E-state index in [4.69, 9.17) is 5.73 Å². The fraction of sp³-hybridized carbons (Fsp3) is 0.368. The molecule has 2 amide bonds. The largest absolute Gasteiger partial charge is 0.339 e.